The predicted molar refractivity (Wildman–Crippen MR) is 113 cm³/mol. The van der Waals surface area contributed by atoms with Crippen LogP contribution in [0, 0.1) is 5.92 Å². The second-order valence-corrected chi connectivity index (χ2v) is 7.65. The van der Waals surface area contributed by atoms with E-state index in [-0.39, 0.29) is 0 Å². The normalized spacial score (nSPS) is 22.0. The molecule has 1 aromatic heterocycles. The van der Waals surface area contributed by atoms with Gasteiger partial charge in [-0.2, -0.15) is 0 Å². The average molecular weight is 408 g/mol. The molecule has 2 aliphatic heterocycles. The van der Waals surface area contributed by atoms with Crippen LogP contribution in [0.5, 0.6) is 0 Å². The monoisotopic (exact) mass is 407 g/mol. The van der Waals surface area contributed by atoms with Crippen LogP contribution < -0.4 is 10.6 Å². The van der Waals surface area contributed by atoms with Crippen LogP contribution in [0.25, 0.3) is 0 Å². The first-order valence-corrected chi connectivity index (χ1v) is 11.1. The van der Waals surface area contributed by atoms with E-state index in [2.05, 4.69) is 41.5 Å². The zero-order valence-corrected chi connectivity index (χ0v) is 18.2. The number of nitrogens with zero attached hydrogens (tertiary/aromatic N) is 3. The van der Waals surface area contributed by atoms with Gasteiger partial charge in [0.15, 0.2) is 5.96 Å². The topological polar surface area (TPSA) is 84.2 Å². The van der Waals surface area contributed by atoms with Crippen LogP contribution in [0.3, 0.4) is 0 Å². The molecule has 2 N–H and O–H groups in total. The largest absolute Gasteiger partial charge is 0.381 e. The van der Waals surface area contributed by atoms with E-state index in [0.717, 1.165) is 94.8 Å². The van der Waals surface area contributed by atoms with E-state index in [4.69, 9.17) is 19.0 Å². The maximum absolute atomic E-state index is 5.68. The highest BCUT2D eigenvalue weighted by Gasteiger charge is 2.31. The van der Waals surface area contributed by atoms with E-state index < -0.39 is 0 Å². The minimum absolute atomic E-state index is 0.429. The molecule has 2 saturated heterocycles. The summed E-state index contributed by atoms with van der Waals surface area (Å²) in [4.78, 5) is 7.38. The fourth-order valence-electron chi connectivity index (χ4n) is 4.18. The zero-order valence-electron chi connectivity index (χ0n) is 18.2. The van der Waals surface area contributed by atoms with Crippen LogP contribution in [0.1, 0.15) is 44.2 Å². The van der Waals surface area contributed by atoms with Crippen molar-refractivity contribution in [3.63, 3.8) is 0 Å². The first-order valence-electron chi connectivity index (χ1n) is 11.1. The van der Waals surface area contributed by atoms with Gasteiger partial charge < -0.3 is 24.6 Å². The van der Waals surface area contributed by atoms with E-state index in [9.17, 15) is 0 Å². The summed E-state index contributed by atoms with van der Waals surface area (Å²) in [5, 5.41) is 11.2. The molecule has 0 amide bonds. The van der Waals surface area contributed by atoms with E-state index in [1.165, 1.54) is 0 Å². The second-order valence-electron chi connectivity index (χ2n) is 7.65. The van der Waals surface area contributed by atoms with Gasteiger partial charge in [0.2, 0.25) is 0 Å². The van der Waals surface area contributed by atoms with Crippen LogP contribution in [0.2, 0.25) is 0 Å². The van der Waals surface area contributed by atoms with Crippen molar-refractivity contribution < 1.29 is 14.0 Å². The molecule has 2 unspecified atom stereocenters. The molecule has 0 bridgehead atoms. The van der Waals surface area contributed by atoms with E-state index in [1.807, 2.05) is 0 Å². The highest BCUT2D eigenvalue weighted by atomic mass is 16.5. The minimum Gasteiger partial charge on any atom is -0.381 e. The summed E-state index contributed by atoms with van der Waals surface area (Å²) in [6.07, 6.45) is 2.82. The number of hydrogen-bond acceptors (Lipinski definition) is 6. The van der Waals surface area contributed by atoms with Crippen molar-refractivity contribution in [2.45, 2.75) is 52.6 Å². The fourth-order valence-corrected chi connectivity index (χ4v) is 4.18. The Morgan fingerprint density at radius 2 is 1.97 bits per heavy atom. The molecular weight excluding hydrogens is 370 g/mol. The molecule has 3 rings (SSSR count). The number of hydrogen-bond donors (Lipinski definition) is 2. The second kappa shape index (κ2) is 11.5. The van der Waals surface area contributed by atoms with Crippen LogP contribution >= 0.6 is 0 Å². The Balaban J connectivity index is 1.66. The molecule has 3 heterocycles. The smallest absolute Gasteiger partial charge is 0.191 e. The molecule has 164 valence electrons. The highest BCUT2D eigenvalue weighted by molar-refractivity contribution is 5.79. The average Bonchev–Trinajstić information content (AvgIpc) is 3.42. The molecule has 2 aliphatic rings. The van der Waals surface area contributed by atoms with Gasteiger partial charge in [0, 0.05) is 56.7 Å². The molecule has 2 atom stereocenters. The standard InChI is InChI=1S/C21H37N5O3/c1-4-18-17(20(5-2)29-25-18)13-23-21(22-6-3)24-14-19(16-7-10-28-15-16)26-8-11-27-12-9-26/h16,19H,4-15H2,1-3H3,(H2,22,23,24). The number of rotatable bonds is 9. The number of aryl methyl sites for hydroxylation is 2. The molecule has 0 aliphatic carbocycles. The van der Waals surface area contributed by atoms with Crippen molar-refractivity contribution >= 4 is 5.96 Å². The van der Waals surface area contributed by atoms with Crippen molar-refractivity contribution in [1.29, 1.82) is 0 Å². The van der Waals surface area contributed by atoms with Crippen molar-refractivity contribution in [2.24, 2.45) is 10.9 Å². The molecule has 1 aromatic rings. The first kappa shape index (κ1) is 22.1. The molecule has 29 heavy (non-hydrogen) atoms. The van der Waals surface area contributed by atoms with Crippen molar-refractivity contribution in [3.8, 4) is 0 Å². The van der Waals surface area contributed by atoms with Gasteiger partial charge in [-0.05, 0) is 19.8 Å². The molecule has 8 nitrogen and oxygen atoms in total. The third-order valence-electron chi connectivity index (χ3n) is 5.85. The Bertz CT molecular complexity index is 615. The van der Waals surface area contributed by atoms with Crippen LogP contribution in [-0.4, -0.2) is 74.7 Å². The lowest BCUT2D eigenvalue weighted by atomic mass is 9.97. The zero-order chi connectivity index (χ0) is 20.5. The fraction of sp³-hybridized carbons (Fsp3) is 0.810. The van der Waals surface area contributed by atoms with Crippen molar-refractivity contribution in [1.82, 2.24) is 20.7 Å². The summed E-state index contributed by atoms with van der Waals surface area (Å²) in [5.41, 5.74) is 2.14. The predicted octanol–water partition coefficient (Wildman–Crippen LogP) is 1.59. The molecular formula is C21H37N5O3. The minimum atomic E-state index is 0.429. The number of aliphatic imine (C=N–C) groups is 1. The summed E-state index contributed by atoms with van der Waals surface area (Å²) < 4.78 is 16.7. The van der Waals surface area contributed by atoms with Gasteiger partial charge in [-0.3, -0.25) is 4.90 Å². The highest BCUT2D eigenvalue weighted by Crippen LogP contribution is 2.22. The van der Waals surface area contributed by atoms with Crippen molar-refractivity contribution in [3.05, 3.63) is 17.0 Å². The summed E-state index contributed by atoms with van der Waals surface area (Å²) in [6, 6.07) is 0.429. The third kappa shape index (κ3) is 5.93. The molecule has 0 radical (unpaired) electrons. The number of morpholine rings is 1. The van der Waals surface area contributed by atoms with Gasteiger partial charge in [-0.1, -0.05) is 19.0 Å². The van der Waals surface area contributed by atoms with Gasteiger partial charge in [0.1, 0.15) is 5.76 Å². The van der Waals surface area contributed by atoms with Gasteiger partial charge in [-0.25, -0.2) is 4.99 Å². The Labute approximate surface area is 174 Å². The van der Waals surface area contributed by atoms with Crippen molar-refractivity contribution in [2.75, 3.05) is 52.6 Å². The molecule has 0 spiro atoms. The Hall–Kier alpha value is -1.64. The van der Waals surface area contributed by atoms with Gasteiger partial charge >= 0.3 is 0 Å². The summed E-state index contributed by atoms with van der Waals surface area (Å²) >= 11 is 0. The first-order chi connectivity index (χ1) is 14.3. The SMILES string of the molecule is CCNC(=NCc1c(CC)noc1CC)NCC(C1CCOC1)N1CCOCC1. The van der Waals surface area contributed by atoms with E-state index >= 15 is 0 Å². The van der Waals surface area contributed by atoms with Crippen LogP contribution in [-0.2, 0) is 28.9 Å². The Morgan fingerprint density at radius 3 is 2.62 bits per heavy atom. The third-order valence-corrected chi connectivity index (χ3v) is 5.85. The van der Waals surface area contributed by atoms with Gasteiger partial charge in [0.05, 0.1) is 32.1 Å². The van der Waals surface area contributed by atoms with E-state index in [0.29, 0.717) is 18.5 Å². The number of guanidine groups is 1. The van der Waals surface area contributed by atoms with E-state index in [1.54, 1.807) is 0 Å². The van der Waals surface area contributed by atoms with Gasteiger partial charge in [0.25, 0.3) is 0 Å². The lowest BCUT2D eigenvalue weighted by Crippen LogP contribution is -2.53. The molecule has 0 saturated carbocycles. The Morgan fingerprint density at radius 1 is 1.14 bits per heavy atom. The summed E-state index contributed by atoms with van der Waals surface area (Å²) in [6.45, 7) is 13.8. The lowest BCUT2D eigenvalue weighted by Gasteiger charge is -2.37. The van der Waals surface area contributed by atoms with Crippen LogP contribution in [0.4, 0.5) is 0 Å². The number of nitrogens with one attached hydrogen (secondary N) is 2. The Kier molecular flexibility index (Phi) is 8.76. The summed E-state index contributed by atoms with van der Waals surface area (Å²) in [5.74, 6) is 2.34. The summed E-state index contributed by atoms with van der Waals surface area (Å²) in [7, 11) is 0. The molecule has 0 aromatic carbocycles. The quantitative estimate of drug-likeness (QED) is 0.475. The molecule has 8 heteroatoms. The maximum atomic E-state index is 5.68. The number of ether oxygens (including phenoxy) is 2. The molecule has 2 fully saturated rings. The number of aromatic nitrogens is 1. The maximum Gasteiger partial charge on any atom is 0.191 e. The van der Waals surface area contributed by atoms with Gasteiger partial charge in [-0.15, -0.1) is 0 Å². The van der Waals surface area contributed by atoms with Crippen LogP contribution in [0.15, 0.2) is 9.52 Å². The lowest BCUT2D eigenvalue weighted by molar-refractivity contribution is 0.00246.